The lowest BCUT2D eigenvalue weighted by Crippen LogP contribution is -2.29. The van der Waals surface area contributed by atoms with Crippen LogP contribution in [0.15, 0.2) is 0 Å². The van der Waals surface area contributed by atoms with Crippen molar-refractivity contribution in [2.45, 2.75) is 39.0 Å². The van der Waals surface area contributed by atoms with E-state index in [-0.39, 0.29) is 0 Å². The predicted molar refractivity (Wildman–Crippen MR) is 52.1 cm³/mol. The van der Waals surface area contributed by atoms with Crippen molar-refractivity contribution in [2.24, 2.45) is 17.8 Å². The molecule has 1 nitrogen and oxygen atoms in total. The number of nitrogens with one attached hydrogen (secondary N) is 1. The lowest BCUT2D eigenvalue weighted by molar-refractivity contribution is 0.147. The number of hydrogen-bond donors (Lipinski definition) is 1. The second kappa shape index (κ2) is 3.78. The van der Waals surface area contributed by atoms with Crippen molar-refractivity contribution in [3.63, 3.8) is 0 Å². The van der Waals surface area contributed by atoms with Crippen molar-refractivity contribution in [3.8, 4) is 0 Å². The molecule has 0 amide bonds. The van der Waals surface area contributed by atoms with Gasteiger partial charge >= 0.3 is 0 Å². The summed E-state index contributed by atoms with van der Waals surface area (Å²) in [6, 6.07) is 0. The fourth-order valence-electron chi connectivity index (χ4n) is 2.96. The van der Waals surface area contributed by atoms with Gasteiger partial charge in [-0.15, -0.1) is 0 Å². The fraction of sp³-hybridized carbons (Fsp3) is 1.00. The van der Waals surface area contributed by atoms with Crippen LogP contribution in [0.2, 0.25) is 0 Å². The van der Waals surface area contributed by atoms with Gasteiger partial charge in [-0.2, -0.15) is 0 Å². The van der Waals surface area contributed by atoms with E-state index in [2.05, 4.69) is 12.2 Å². The van der Waals surface area contributed by atoms with E-state index in [4.69, 9.17) is 0 Å². The standard InChI is InChI=1S/C11H21N/c1-2-11(9-4-3-5-9)10-6-7-12-8-10/h9-12H,2-8H2,1H3. The van der Waals surface area contributed by atoms with E-state index in [1.807, 2.05) is 0 Å². The molecule has 1 heterocycles. The first-order chi connectivity index (χ1) is 5.92. The molecule has 1 saturated carbocycles. The summed E-state index contributed by atoms with van der Waals surface area (Å²) in [4.78, 5) is 0. The highest BCUT2D eigenvalue weighted by molar-refractivity contribution is 4.85. The Kier molecular flexibility index (Phi) is 2.69. The highest BCUT2D eigenvalue weighted by Crippen LogP contribution is 2.40. The van der Waals surface area contributed by atoms with Crippen LogP contribution in [0, 0.1) is 17.8 Å². The largest absolute Gasteiger partial charge is 0.316 e. The minimum absolute atomic E-state index is 1.01. The molecule has 2 fully saturated rings. The summed E-state index contributed by atoms with van der Waals surface area (Å²) in [7, 11) is 0. The van der Waals surface area contributed by atoms with Crippen LogP contribution in [0.3, 0.4) is 0 Å². The Morgan fingerprint density at radius 1 is 1.25 bits per heavy atom. The van der Waals surface area contributed by atoms with Crippen LogP contribution in [0.4, 0.5) is 0 Å². The maximum absolute atomic E-state index is 3.49. The Morgan fingerprint density at radius 3 is 2.50 bits per heavy atom. The molecule has 0 spiro atoms. The quantitative estimate of drug-likeness (QED) is 0.680. The molecule has 1 saturated heterocycles. The highest BCUT2D eigenvalue weighted by atomic mass is 14.9. The van der Waals surface area contributed by atoms with Crippen molar-refractivity contribution >= 4 is 0 Å². The van der Waals surface area contributed by atoms with E-state index < -0.39 is 0 Å². The molecule has 12 heavy (non-hydrogen) atoms. The summed E-state index contributed by atoms with van der Waals surface area (Å²) in [5.74, 6) is 3.16. The first kappa shape index (κ1) is 8.55. The summed E-state index contributed by atoms with van der Waals surface area (Å²) in [5.41, 5.74) is 0. The number of rotatable bonds is 3. The second-order valence-electron chi connectivity index (χ2n) is 4.52. The summed E-state index contributed by atoms with van der Waals surface area (Å²) in [6.45, 7) is 4.95. The van der Waals surface area contributed by atoms with Crippen LogP contribution in [-0.4, -0.2) is 13.1 Å². The van der Waals surface area contributed by atoms with E-state index in [9.17, 15) is 0 Å². The van der Waals surface area contributed by atoms with Gasteiger partial charge in [0.05, 0.1) is 0 Å². The Balaban J connectivity index is 1.87. The van der Waals surface area contributed by atoms with Gasteiger partial charge in [-0.1, -0.05) is 32.6 Å². The third-order valence-corrected chi connectivity index (χ3v) is 3.93. The third kappa shape index (κ3) is 1.52. The van der Waals surface area contributed by atoms with Crippen molar-refractivity contribution in [1.29, 1.82) is 0 Å². The summed E-state index contributed by atoms with van der Waals surface area (Å²) < 4.78 is 0. The molecule has 0 radical (unpaired) electrons. The van der Waals surface area contributed by atoms with Gasteiger partial charge in [0.1, 0.15) is 0 Å². The highest BCUT2D eigenvalue weighted by Gasteiger charge is 2.32. The van der Waals surface area contributed by atoms with E-state index in [0.29, 0.717) is 0 Å². The van der Waals surface area contributed by atoms with Gasteiger partial charge in [0.25, 0.3) is 0 Å². The molecule has 1 N–H and O–H groups in total. The van der Waals surface area contributed by atoms with E-state index in [1.54, 1.807) is 0 Å². The Hall–Kier alpha value is -0.0400. The molecule has 0 aromatic carbocycles. The normalized spacial score (nSPS) is 33.2. The van der Waals surface area contributed by atoms with Gasteiger partial charge in [-0.05, 0) is 37.3 Å². The van der Waals surface area contributed by atoms with Crippen LogP contribution in [0.5, 0.6) is 0 Å². The van der Waals surface area contributed by atoms with Gasteiger partial charge in [0.2, 0.25) is 0 Å². The topological polar surface area (TPSA) is 12.0 Å². The van der Waals surface area contributed by atoms with Crippen molar-refractivity contribution in [2.75, 3.05) is 13.1 Å². The molecule has 2 aliphatic rings. The smallest absolute Gasteiger partial charge is 0.00173 e. The monoisotopic (exact) mass is 167 g/mol. The lowest BCUT2D eigenvalue weighted by atomic mass is 9.69. The minimum atomic E-state index is 1.01. The van der Waals surface area contributed by atoms with Crippen LogP contribution >= 0.6 is 0 Å². The summed E-state index contributed by atoms with van der Waals surface area (Å²) in [5, 5.41) is 3.49. The first-order valence-electron chi connectivity index (χ1n) is 5.62. The van der Waals surface area contributed by atoms with E-state index in [0.717, 1.165) is 17.8 Å². The number of hydrogen-bond acceptors (Lipinski definition) is 1. The van der Waals surface area contributed by atoms with Gasteiger partial charge in [-0.25, -0.2) is 0 Å². The first-order valence-corrected chi connectivity index (χ1v) is 5.62. The van der Waals surface area contributed by atoms with E-state index >= 15 is 0 Å². The maximum atomic E-state index is 3.49. The predicted octanol–water partition coefficient (Wildman–Crippen LogP) is 2.42. The van der Waals surface area contributed by atoms with Crippen LogP contribution in [0.25, 0.3) is 0 Å². The summed E-state index contributed by atoms with van der Waals surface area (Å²) in [6.07, 6.45) is 7.40. The Bertz CT molecular complexity index is 134. The molecule has 2 atom stereocenters. The SMILES string of the molecule is CCC(C1CCC1)C1CCNC1. The second-order valence-corrected chi connectivity index (χ2v) is 4.52. The van der Waals surface area contributed by atoms with Crippen molar-refractivity contribution < 1.29 is 0 Å². The molecule has 1 aliphatic heterocycles. The molecule has 1 heteroatoms. The minimum Gasteiger partial charge on any atom is -0.316 e. The molecule has 0 bridgehead atoms. The Morgan fingerprint density at radius 2 is 2.08 bits per heavy atom. The van der Waals surface area contributed by atoms with Crippen LogP contribution in [-0.2, 0) is 0 Å². The van der Waals surface area contributed by atoms with Gasteiger partial charge < -0.3 is 5.32 Å². The average molecular weight is 167 g/mol. The molecule has 0 aromatic heterocycles. The molecule has 1 aliphatic carbocycles. The molecule has 2 unspecified atom stereocenters. The van der Waals surface area contributed by atoms with E-state index in [1.165, 1.54) is 45.2 Å². The third-order valence-electron chi connectivity index (χ3n) is 3.93. The molecule has 2 rings (SSSR count). The zero-order valence-corrected chi connectivity index (χ0v) is 8.18. The van der Waals surface area contributed by atoms with Crippen molar-refractivity contribution in [1.82, 2.24) is 5.32 Å². The maximum Gasteiger partial charge on any atom is -0.00173 e. The molecule has 0 aromatic rings. The lowest BCUT2D eigenvalue weighted by Gasteiger charge is -2.36. The van der Waals surface area contributed by atoms with Crippen molar-refractivity contribution in [3.05, 3.63) is 0 Å². The van der Waals surface area contributed by atoms with Gasteiger partial charge in [0.15, 0.2) is 0 Å². The van der Waals surface area contributed by atoms with Gasteiger partial charge in [0, 0.05) is 0 Å². The molecular weight excluding hydrogens is 146 g/mol. The van der Waals surface area contributed by atoms with Crippen LogP contribution < -0.4 is 5.32 Å². The van der Waals surface area contributed by atoms with Crippen LogP contribution in [0.1, 0.15) is 39.0 Å². The molecule has 70 valence electrons. The zero-order chi connectivity index (χ0) is 8.39. The zero-order valence-electron chi connectivity index (χ0n) is 8.18. The fourth-order valence-corrected chi connectivity index (χ4v) is 2.96. The average Bonchev–Trinajstić information content (AvgIpc) is 2.47. The molecular formula is C11H21N. The summed E-state index contributed by atoms with van der Waals surface area (Å²) >= 11 is 0. The van der Waals surface area contributed by atoms with Gasteiger partial charge in [-0.3, -0.25) is 0 Å². The Labute approximate surface area is 75.9 Å².